The summed E-state index contributed by atoms with van der Waals surface area (Å²) in [4.78, 5) is 22.1. The molecule has 0 aliphatic heterocycles. The van der Waals surface area contributed by atoms with Gasteiger partial charge in [0.25, 0.3) is 0 Å². The number of carboxylic acids is 1. The third-order valence-electron chi connectivity index (χ3n) is 3.26. The molecule has 1 unspecified atom stereocenters. The Balaban J connectivity index is 1.78. The molecule has 0 spiro atoms. The van der Waals surface area contributed by atoms with Crippen molar-refractivity contribution < 1.29 is 19.8 Å². The number of hydrogen-bond donors (Lipinski definition) is 4. The van der Waals surface area contributed by atoms with Gasteiger partial charge in [0.15, 0.2) is 6.04 Å². The lowest BCUT2D eigenvalue weighted by Crippen LogP contribution is -2.49. The van der Waals surface area contributed by atoms with Crippen LogP contribution < -0.4 is 10.6 Å². The molecule has 0 fully saturated rings. The maximum absolute atomic E-state index is 11.5. The first-order valence-electron chi connectivity index (χ1n) is 6.07. The minimum Gasteiger partial charge on any atom is -0.480 e. The van der Waals surface area contributed by atoms with Crippen molar-refractivity contribution in [3.63, 3.8) is 0 Å². The molecule has 1 aliphatic carbocycles. The molecule has 2 rings (SSSR count). The van der Waals surface area contributed by atoms with Crippen LogP contribution in [0.25, 0.3) is 0 Å². The molecule has 6 nitrogen and oxygen atoms in total. The molecule has 0 radical (unpaired) electrons. The topological polar surface area (TPSA) is 98.7 Å². The van der Waals surface area contributed by atoms with Crippen LogP contribution in [-0.4, -0.2) is 41.4 Å². The van der Waals surface area contributed by atoms with Gasteiger partial charge in [-0.3, -0.25) is 0 Å². The Morgan fingerprint density at radius 3 is 2.74 bits per heavy atom. The fraction of sp³-hybridized carbons (Fsp3) is 0.385. The van der Waals surface area contributed by atoms with Gasteiger partial charge >= 0.3 is 12.0 Å². The summed E-state index contributed by atoms with van der Waals surface area (Å²) in [5, 5.41) is 22.3. The number of carboxylic acid groups (broad SMARTS) is 1. The monoisotopic (exact) mass is 264 g/mol. The van der Waals surface area contributed by atoms with Crippen LogP contribution in [0.5, 0.6) is 0 Å². The third kappa shape index (κ3) is 3.03. The van der Waals surface area contributed by atoms with Crippen LogP contribution in [-0.2, 0) is 11.2 Å². The zero-order valence-corrected chi connectivity index (χ0v) is 10.3. The van der Waals surface area contributed by atoms with Crippen molar-refractivity contribution in [1.82, 2.24) is 10.6 Å². The van der Waals surface area contributed by atoms with E-state index in [1.165, 1.54) is 11.1 Å². The first-order chi connectivity index (χ1) is 9.11. The van der Waals surface area contributed by atoms with Crippen LogP contribution in [0.2, 0.25) is 0 Å². The number of urea groups is 1. The van der Waals surface area contributed by atoms with E-state index < -0.39 is 24.6 Å². The summed E-state index contributed by atoms with van der Waals surface area (Å²) in [5.41, 5.74) is 2.51. The second kappa shape index (κ2) is 5.71. The molecular formula is C13H16N2O4. The second-order valence-electron chi connectivity index (χ2n) is 4.53. The van der Waals surface area contributed by atoms with Crippen LogP contribution in [0, 0.1) is 0 Å². The smallest absolute Gasteiger partial charge is 0.328 e. The molecule has 2 amide bonds. The molecular weight excluding hydrogens is 248 g/mol. The standard InChI is InChI=1S/C13H16N2O4/c16-7-11(12(17)18)15-13(19)14-6-9-5-8-3-1-2-4-10(8)9/h1-4,9,11,16H,5-7H2,(H,17,18)(H2,14,15,19)/t9?,11-/m1/s1. The average molecular weight is 264 g/mol. The summed E-state index contributed by atoms with van der Waals surface area (Å²) < 4.78 is 0. The first kappa shape index (κ1) is 13.4. The van der Waals surface area contributed by atoms with E-state index in [2.05, 4.69) is 16.7 Å². The van der Waals surface area contributed by atoms with Crippen molar-refractivity contribution in [3.8, 4) is 0 Å². The molecule has 6 heteroatoms. The van der Waals surface area contributed by atoms with E-state index in [1.807, 2.05) is 18.2 Å². The number of aliphatic hydroxyl groups is 1. The Bertz CT molecular complexity index is 489. The van der Waals surface area contributed by atoms with E-state index >= 15 is 0 Å². The summed E-state index contributed by atoms with van der Waals surface area (Å²) in [6, 6.07) is 6.17. The summed E-state index contributed by atoms with van der Waals surface area (Å²) in [6.45, 7) is -0.171. The molecule has 0 saturated heterocycles. The lowest BCUT2D eigenvalue weighted by Gasteiger charge is -2.30. The fourth-order valence-electron chi connectivity index (χ4n) is 2.16. The number of nitrogens with one attached hydrogen (secondary N) is 2. The highest BCUT2D eigenvalue weighted by Crippen LogP contribution is 2.33. The van der Waals surface area contributed by atoms with Crippen molar-refractivity contribution in [3.05, 3.63) is 35.4 Å². The normalized spacial score (nSPS) is 17.8. The van der Waals surface area contributed by atoms with Crippen molar-refractivity contribution >= 4 is 12.0 Å². The van der Waals surface area contributed by atoms with Gasteiger partial charge in [-0.15, -0.1) is 0 Å². The SMILES string of the molecule is O=C(NCC1Cc2ccccc21)N[C@H](CO)C(=O)O. The Kier molecular flexibility index (Phi) is 4.01. The molecule has 1 aliphatic rings. The molecule has 1 aromatic rings. The Morgan fingerprint density at radius 2 is 2.11 bits per heavy atom. The highest BCUT2D eigenvalue weighted by molar-refractivity contribution is 5.82. The predicted molar refractivity (Wildman–Crippen MR) is 67.9 cm³/mol. The van der Waals surface area contributed by atoms with Crippen molar-refractivity contribution in [1.29, 1.82) is 0 Å². The van der Waals surface area contributed by atoms with Crippen LogP contribution in [0.15, 0.2) is 24.3 Å². The third-order valence-corrected chi connectivity index (χ3v) is 3.26. The number of hydrogen-bond acceptors (Lipinski definition) is 3. The summed E-state index contributed by atoms with van der Waals surface area (Å²) in [7, 11) is 0. The molecule has 4 N–H and O–H groups in total. The fourth-order valence-corrected chi connectivity index (χ4v) is 2.16. The lowest BCUT2D eigenvalue weighted by atomic mass is 9.78. The van der Waals surface area contributed by atoms with Gasteiger partial charge < -0.3 is 20.8 Å². The van der Waals surface area contributed by atoms with Gasteiger partial charge in [-0.1, -0.05) is 24.3 Å². The van der Waals surface area contributed by atoms with Crippen molar-refractivity contribution in [2.75, 3.05) is 13.2 Å². The Labute approximate surface area is 110 Å². The molecule has 1 aromatic carbocycles. The van der Waals surface area contributed by atoms with Gasteiger partial charge in [0.1, 0.15) is 0 Å². The highest BCUT2D eigenvalue weighted by atomic mass is 16.4. The molecule has 102 valence electrons. The van der Waals surface area contributed by atoms with Gasteiger partial charge in [-0.25, -0.2) is 9.59 Å². The number of amides is 2. The Hall–Kier alpha value is -2.08. The van der Waals surface area contributed by atoms with E-state index in [9.17, 15) is 9.59 Å². The number of carbonyl (C=O) groups excluding carboxylic acids is 1. The summed E-state index contributed by atoms with van der Waals surface area (Å²) in [6.07, 6.45) is 0.915. The minimum atomic E-state index is -1.27. The highest BCUT2D eigenvalue weighted by Gasteiger charge is 2.26. The predicted octanol–water partition coefficient (Wildman–Crippen LogP) is 0.0710. The minimum absolute atomic E-state index is 0.277. The Morgan fingerprint density at radius 1 is 1.37 bits per heavy atom. The van der Waals surface area contributed by atoms with Gasteiger partial charge in [0.2, 0.25) is 0 Å². The van der Waals surface area contributed by atoms with Gasteiger partial charge in [0.05, 0.1) is 6.61 Å². The van der Waals surface area contributed by atoms with Gasteiger partial charge in [0, 0.05) is 12.5 Å². The van der Waals surface area contributed by atoms with E-state index in [0.29, 0.717) is 6.54 Å². The quantitative estimate of drug-likeness (QED) is 0.605. The number of aliphatic hydroxyl groups excluding tert-OH is 1. The van der Waals surface area contributed by atoms with Crippen LogP contribution in [0.3, 0.4) is 0 Å². The van der Waals surface area contributed by atoms with Gasteiger partial charge in [-0.2, -0.15) is 0 Å². The van der Waals surface area contributed by atoms with E-state index in [0.717, 1.165) is 6.42 Å². The van der Waals surface area contributed by atoms with Crippen molar-refractivity contribution in [2.45, 2.75) is 18.4 Å². The van der Waals surface area contributed by atoms with Crippen LogP contribution in [0.4, 0.5) is 4.79 Å². The van der Waals surface area contributed by atoms with Crippen LogP contribution >= 0.6 is 0 Å². The first-order valence-corrected chi connectivity index (χ1v) is 6.07. The molecule has 0 bridgehead atoms. The lowest BCUT2D eigenvalue weighted by molar-refractivity contribution is -0.140. The zero-order valence-electron chi connectivity index (χ0n) is 10.3. The summed E-state index contributed by atoms with van der Waals surface area (Å²) in [5.74, 6) is -0.981. The molecule has 0 aromatic heterocycles. The number of carbonyl (C=O) groups is 2. The number of fused-ring (bicyclic) bond motifs is 1. The molecule has 19 heavy (non-hydrogen) atoms. The second-order valence-corrected chi connectivity index (χ2v) is 4.53. The number of benzene rings is 1. The maximum atomic E-state index is 11.5. The number of aliphatic carboxylic acids is 1. The summed E-state index contributed by atoms with van der Waals surface area (Å²) >= 11 is 0. The average Bonchev–Trinajstić information content (AvgIpc) is 2.36. The maximum Gasteiger partial charge on any atom is 0.328 e. The molecule has 0 saturated carbocycles. The number of rotatable bonds is 5. The molecule has 0 heterocycles. The van der Waals surface area contributed by atoms with Crippen molar-refractivity contribution in [2.24, 2.45) is 0 Å². The van der Waals surface area contributed by atoms with E-state index in [-0.39, 0.29) is 5.92 Å². The van der Waals surface area contributed by atoms with E-state index in [1.54, 1.807) is 0 Å². The van der Waals surface area contributed by atoms with Gasteiger partial charge in [-0.05, 0) is 17.5 Å². The largest absolute Gasteiger partial charge is 0.480 e. The zero-order chi connectivity index (χ0) is 13.8. The molecule has 2 atom stereocenters. The van der Waals surface area contributed by atoms with E-state index in [4.69, 9.17) is 10.2 Å². The van der Waals surface area contributed by atoms with Crippen LogP contribution in [0.1, 0.15) is 17.0 Å².